The molecule has 21 heavy (non-hydrogen) atoms. The van der Waals surface area contributed by atoms with Crippen LogP contribution in [0.15, 0.2) is 12.1 Å². The highest BCUT2D eigenvalue weighted by Crippen LogP contribution is 2.31. The zero-order chi connectivity index (χ0) is 15.5. The number of hydrogen-bond donors (Lipinski definition) is 2. The highest BCUT2D eigenvalue weighted by Gasteiger charge is 2.31. The van der Waals surface area contributed by atoms with Crippen molar-refractivity contribution >= 4 is 11.6 Å². The Morgan fingerprint density at radius 3 is 2.57 bits per heavy atom. The third kappa shape index (κ3) is 4.49. The Morgan fingerprint density at radius 2 is 2.00 bits per heavy atom. The topological polar surface area (TPSA) is 54.2 Å². The van der Waals surface area contributed by atoms with Gasteiger partial charge in [0.25, 0.3) is 0 Å². The highest BCUT2D eigenvalue weighted by molar-refractivity contribution is 5.48. The summed E-state index contributed by atoms with van der Waals surface area (Å²) in [7, 11) is 0. The molecule has 0 atom stereocenters. The molecule has 7 heteroatoms. The summed E-state index contributed by atoms with van der Waals surface area (Å²) in [5, 5.41) is 3.08. The lowest BCUT2D eigenvalue weighted by Crippen LogP contribution is -2.39. The van der Waals surface area contributed by atoms with Crippen LogP contribution in [0.25, 0.3) is 0 Å². The third-order valence-electron chi connectivity index (χ3n) is 3.65. The van der Waals surface area contributed by atoms with Gasteiger partial charge in [0.1, 0.15) is 11.6 Å². The first-order valence-corrected chi connectivity index (χ1v) is 7.22. The van der Waals surface area contributed by atoms with Gasteiger partial charge in [-0.3, -0.25) is 0 Å². The van der Waals surface area contributed by atoms with Crippen molar-refractivity contribution in [2.75, 3.05) is 30.7 Å². The van der Waals surface area contributed by atoms with Crippen molar-refractivity contribution in [2.45, 2.75) is 38.4 Å². The maximum Gasteiger partial charge on any atom is 0.416 e. The first-order chi connectivity index (χ1) is 9.88. The van der Waals surface area contributed by atoms with E-state index < -0.39 is 11.7 Å². The number of hydrogen-bond acceptors (Lipinski definition) is 4. The molecule has 0 spiro atoms. The number of piperidine rings is 1. The zero-order valence-electron chi connectivity index (χ0n) is 12.1. The fraction of sp³-hybridized carbons (Fsp3) is 0.643. The van der Waals surface area contributed by atoms with E-state index in [9.17, 15) is 13.2 Å². The Kier molecular flexibility index (Phi) is 4.92. The Hall–Kier alpha value is -1.50. The van der Waals surface area contributed by atoms with E-state index in [1.54, 1.807) is 0 Å². The van der Waals surface area contributed by atoms with Crippen LogP contribution in [0.2, 0.25) is 0 Å². The largest absolute Gasteiger partial charge is 0.416 e. The molecule has 1 aromatic heterocycles. The molecule has 1 saturated heterocycles. The molecule has 2 rings (SSSR count). The standard InChI is InChI=1S/C14H21F3N4/c1-2-5-21-6-3-11(4-7-21)19-13-9-10(14(15,16)17)8-12(18)20-13/h8-9,11H,2-7H2,1H3,(H3,18,19,20). The number of halogens is 3. The predicted octanol–water partition coefficient (Wildman–Crippen LogP) is 2.97. The lowest BCUT2D eigenvalue weighted by Gasteiger charge is -2.32. The third-order valence-corrected chi connectivity index (χ3v) is 3.65. The molecule has 1 fully saturated rings. The van der Waals surface area contributed by atoms with Crippen molar-refractivity contribution in [3.63, 3.8) is 0 Å². The monoisotopic (exact) mass is 302 g/mol. The van der Waals surface area contributed by atoms with Gasteiger partial charge in [0.2, 0.25) is 0 Å². The molecule has 4 nitrogen and oxygen atoms in total. The number of nitrogens with two attached hydrogens (primary N) is 1. The van der Waals surface area contributed by atoms with Crippen LogP contribution in [0.4, 0.5) is 24.8 Å². The van der Waals surface area contributed by atoms with Crippen molar-refractivity contribution in [1.29, 1.82) is 0 Å². The van der Waals surface area contributed by atoms with Crippen molar-refractivity contribution in [2.24, 2.45) is 0 Å². The van der Waals surface area contributed by atoms with Crippen LogP contribution in [0.3, 0.4) is 0 Å². The number of rotatable bonds is 4. The maximum absolute atomic E-state index is 12.7. The minimum atomic E-state index is -4.40. The number of nitrogens with one attached hydrogen (secondary N) is 1. The van der Waals surface area contributed by atoms with Crippen LogP contribution in [0.1, 0.15) is 31.7 Å². The van der Waals surface area contributed by atoms with Gasteiger partial charge in [-0.05, 0) is 37.9 Å². The molecule has 0 amide bonds. The van der Waals surface area contributed by atoms with Crippen LogP contribution in [0.5, 0.6) is 0 Å². The van der Waals surface area contributed by atoms with Crippen LogP contribution < -0.4 is 11.1 Å². The van der Waals surface area contributed by atoms with E-state index in [-0.39, 0.29) is 17.7 Å². The second-order valence-corrected chi connectivity index (χ2v) is 5.42. The second kappa shape index (κ2) is 6.51. The number of nitrogens with zero attached hydrogens (tertiary/aromatic N) is 2. The Labute approximate surface area is 122 Å². The van der Waals surface area contributed by atoms with E-state index in [0.717, 1.165) is 51.0 Å². The number of alkyl halides is 3. The summed E-state index contributed by atoms with van der Waals surface area (Å²) in [5.41, 5.74) is 4.70. The maximum atomic E-state index is 12.7. The van der Waals surface area contributed by atoms with Gasteiger partial charge in [-0.15, -0.1) is 0 Å². The quantitative estimate of drug-likeness (QED) is 0.898. The normalized spacial score (nSPS) is 17.9. The van der Waals surface area contributed by atoms with Gasteiger partial charge in [0.15, 0.2) is 0 Å². The Balaban J connectivity index is 1.99. The summed E-state index contributed by atoms with van der Waals surface area (Å²) in [4.78, 5) is 6.32. The lowest BCUT2D eigenvalue weighted by atomic mass is 10.0. The first-order valence-electron chi connectivity index (χ1n) is 7.22. The first kappa shape index (κ1) is 15.9. The molecular weight excluding hydrogens is 281 g/mol. The van der Waals surface area contributed by atoms with Crippen LogP contribution in [-0.4, -0.2) is 35.6 Å². The van der Waals surface area contributed by atoms with Gasteiger partial charge in [0.05, 0.1) is 5.56 Å². The number of nitrogen functional groups attached to an aromatic ring is 1. The average Bonchev–Trinajstić information content (AvgIpc) is 2.40. The van der Waals surface area contributed by atoms with Gasteiger partial charge in [0, 0.05) is 19.1 Å². The summed E-state index contributed by atoms with van der Waals surface area (Å²) in [6.45, 7) is 5.13. The van der Waals surface area contributed by atoms with Crippen molar-refractivity contribution in [3.05, 3.63) is 17.7 Å². The van der Waals surface area contributed by atoms with Gasteiger partial charge >= 0.3 is 6.18 Å². The molecule has 1 aromatic rings. The van der Waals surface area contributed by atoms with Crippen molar-refractivity contribution in [1.82, 2.24) is 9.88 Å². The summed E-state index contributed by atoms with van der Waals surface area (Å²) in [6.07, 6.45) is -1.49. The van der Waals surface area contributed by atoms with Gasteiger partial charge in [-0.2, -0.15) is 13.2 Å². The van der Waals surface area contributed by atoms with Gasteiger partial charge < -0.3 is 16.0 Å². The summed E-state index contributed by atoms with van der Waals surface area (Å²) in [5.74, 6) is 0.0898. The minimum absolute atomic E-state index is 0.115. The van der Waals surface area contributed by atoms with Crippen LogP contribution in [-0.2, 0) is 6.18 Å². The van der Waals surface area contributed by atoms with Crippen LogP contribution in [0, 0.1) is 0 Å². The van der Waals surface area contributed by atoms with Gasteiger partial charge in [-0.25, -0.2) is 4.98 Å². The molecule has 3 N–H and O–H groups in total. The fourth-order valence-corrected chi connectivity index (χ4v) is 2.62. The minimum Gasteiger partial charge on any atom is -0.384 e. The Morgan fingerprint density at radius 1 is 1.33 bits per heavy atom. The molecule has 0 radical (unpaired) electrons. The molecule has 0 aliphatic carbocycles. The Bertz CT molecular complexity index is 468. The van der Waals surface area contributed by atoms with E-state index in [1.807, 2.05) is 0 Å². The molecule has 1 aliphatic rings. The highest BCUT2D eigenvalue weighted by atomic mass is 19.4. The molecule has 1 aliphatic heterocycles. The molecule has 118 valence electrons. The number of likely N-dealkylation sites (tertiary alicyclic amines) is 1. The molecule has 0 unspecified atom stereocenters. The van der Waals surface area contributed by atoms with Gasteiger partial charge in [-0.1, -0.05) is 6.92 Å². The smallest absolute Gasteiger partial charge is 0.384 e. The van der Waals surface area contributed by atoms with E-state index in [0.29, 0.717) is 0 Å². The molecular formula is C14H21F3N4. The molecule has 0 saturated carbocycles. The lowest BCUT2D eigenvalue weighted by molar-refractivity contribution is -0.137. The van der Waals surface area contributed by atoms with E-state index >= 15 is 0 Å². The summed E-state index contributed by atoms with van der Waals surface area (Å²) < 4.78 is 38.2. The summed E-state index contributed by atoms with van der Waals surface area (Å²) in [6, 6.07) is 2.03. The van der Waals surface area contributed by atoms with Crippen molar-refractivity contribution in [3.8, 4) is 0 Å². The molecule has 0 aromatic carbocycles. The number of aromatic nitrogens is 1. The number of anilines is 2. The van der Waals surface area contributed by atoms with E-state index in [4.69, 9.17) is 5.73 Å². The number of pyridine rings is 1. The average molecular weight is 302 g/mol. The SMILES string of the molecule is CCCN1CCC(Nc2cc(C(F)(F)F)cc(N)n2)CC1. The molecule has 0 bridgehead atoms. The molecule has 2 heterocycles. The van der Waals surface area contributed by atoms with E-state index in [1.165, 1.54) is 0 Å². The fourth-order valence-electron chi connectivity index (χ4n) is 2.62. The van der Waals surface area contributed by atoms with Crippen LogP contribution >= 0.6 is 0 Å². The van der Waals surface area contributed by atoms with Crippen molar-refractivity contribution < 1.29 is 13.2 Å². The van der Waals surface area contributed by atoms with E-state index in [2.05, 4.69) is 22.1 Å². The predicted molar refractivity (Wildman–Crippen MR) is 77.0 cm³/mol. The second-order valence-electron chi connectivity index (χ2n) is 5.42. The summed E-state index contributed by atoms with van der Waals surface area (Å²) >= 11 is 0. The zero-order valence-corrected chi connectivity index (χ0v) is 12.1.